The second kappa shape index (κ2) is 7.41. The van der Waals surface area contributed by atoms with Crippen LogP contribution in [0, 0.1) is 13.8 Å². The summed E-state index contributed by atoms with van der Waals surface area (Å²) in [4.78, 5) is 23.0. The van der Waals surface area contributed by atoms with Crippen molar-refractivity contribution in [2.45, 2.75) is 39.3 Å². The number of aromatic nitrogens is 4. The highest BCUT2D eigenvalue weighted by Crippen LogP contribution is 2.25. The number of nitrogens with zero attached hydrogens (tertiary/aromatic N) is 5. The molecule has 8 nitrogen and oxygen atoms in total. The van der Waals surface area contributed by atoms with Crippen LogP contribution in [0.15, 0.2) is 12.3 Å². The van der Waals surface area contributed by atoms with Gasteiger partial charge in [0.1, 0.15) is 5.82 Å². The third-order valence-corrected chi connectivity index (χ3v) is 5.07. The lowest BCUT2D eigenvalue weighted by Crippen LogP contribution is -2.35. The van der Waals surface area contributed by atoms with Gasteiger partial charge < -0.3 is 15.5 Å². The molecule has 2 atom stereocenters. The summed E-state index contributed by atoms with van der Waals surface area (Å²) >= 11 is 0. The number of hydrogen-bond donors (Lipinski definition) is 2. The van der Waals surface area contributed by atoms with Crippen LogP contribution in [0.1, 0.15) is 47.0 Å². The molecule has 1 aliphatic heterocycles. The number of carbonyl (C=O) groups is 1. The number of nitrogens with one attached hydrogen (secondary N) is 2. The number of carbonyl (C=O) groups excluding carboxylic acids is 1. The highest BCUT2D eigenvalue weighted by Gasteiger charge is 2.27. The zero-order valence-corrected chi connectivity index (χ0v) is 16.1. The van der Waals surface area contributed by atoms with Gasteiger partial charge in [0.25, 0.3) is 5.91 Å². The predicted octanol–water partition coefficient (Wildman–Crippen LogP) is 1.12. The quantitative estimate of drug-likeness (QED) is 0.834. The minimum Gasteiger partial charge on any atom is -0.355 e. The van der Waals surface area contributed by atoms with Crippen molar-refractivity contribution in [2.75, 3.05) is 25.0 Å². The lowest BCUT2D eigenvalue weighted by Gasteiger charge is -2.23. The summed E-state index contributed by atoms with van der Waals surface area (Å²) in [6, 6.07) is 2.62. The summed E-state index contributed by atoms with van der Waals surface area (Å²) < 4.78 is 1.90. The first-order valence-electron chi connectivity index (χ1n) is 8.97. The van der Waals surface area contributed by atoms with Crippen molar-refractivity contribution in [3.05, 3.63) is 35.0 Å². The Labute approximate surface area is 154 Å². The van der Waals surface area contributed by atoms with Crippen LogP contribution < -0.4 is 15.5 Å². The Morgan fingerprint density at radius 3 is 2.77 bits per heavy atom. The molecule has 3 rings (SSSR count). The van der Waals surface area contributed by atoms with E-state index in [0.29, 0.717) is 6.04 Å². The molecule has 1 amide bonds. The first-order chi connectivity index (χ1) is 12.4. The van der Waals surface area contributed by atoms with Crippen molar-refractivity contribution in [2.24, 2.45) is 7.05 Å². The summed E-state index contributed by atoms with van der Waals surface area (Å²) in [7, 11) is 3.55. The second-order valence-corrected chi connectivity index (χ2v) is 6.86. The van der Waals surface area contributed by atoms with E-state index < -0.39 is 0 Å². The van der Waals surface area contributed by atoms with Crippen molar-refractivity contribution >= 4 is 11.7 Å². The standard InChI is InChI=1S/C18H27N7O/c1-11-12(2)22-16(18(26)19-4)23-17(11)25-9-7-14(10-25)21-13(3)15-6-8-20-24(15)5/h6,8,13-14,21H,7,9-10H2,1-5H3,(H,19,26)/t13?,14-/m1/s1. The van der Waals surface area contributed by atoms with Crippen molar-refractivity contribution in [3.63, 3.8) is 0 Å². The molecule has 0 radical (unpaired) electrons. The average molecular weight is 357 g/mol. The van der Waals surface area contributed by atoms with Crippen molar-refractivity contribution in [3.8, 4) is 0 Å². The van der Waals surface area contributed by atoms with E-state index in [-0.39, 0.29) is 17.8 Å². The number of amides is 1. The predicted molar refractivity (Wildman–Crippen MR) is 100 cm³/mol. The molecule has 26 heavy (non-hydrogen) atoms. The van der Waals surface area contributed by atoms with Crippen molar-refractivity contribution in [1.82, 2.24) is 30.4 Å². The molecule has 0 bridgehead atoms. The van der Waals surface area contributed by atoms with Crippen LogP contribution in [0.4, 0.5) is 5.82 Å². The Hall–Kier alpha value is -2.48. The number of aryl methyl sites for hydroxylation is 2. The zero-order valence-electron chi connectivity index (χ0n) is 16.1. The molecule has 0 spiro atoms. The summed E-state index contributed by atoms with van der Waals surface area (Å²) in [5.41, 5.74) is 3.03. The molecule has 0 aliphatic carbocycles. The van der Waals surface area contributed by atoms with Gasteiger partial charge in [-0.3, -0.25) is 9.48 Å². The maximum absolute atomic E-state index is 11.9. The van der Waals surface area contributed by atoms with E-state index in [1.54, 1.807) is 7.05 Å². The minimum absolute atomic E-state index is 0.224. The molecule has 2 aromatic rings. The third kappa shape index (κ3) is 3.55. The minimum atomic E-state index is -0.256. The molecule has 2 aromatic heterocycles. The topological polar surface area (TPSA) is 88.0 Å². The number of hydrogen-bond acceptors (Lipinski definition) is 6. The largest absolute Gasteiger partial charge is 0.355 e. The average Bonchev–Trinajstić information content (AvgIpc) is 3.25. The van der Waals surface area contributed by atoms with E-state index in [9.17, 15) is 4.79 Å². The van der Waals surface area contributed by atoms with Gasteiger partial charge in [-0.2, -0.15) is 5.10 Å². The molecule has 140 valence electrons. The van der Waals surface area contributed by atoms with Gasteiger partial charge in [-0.25, -0.2) is 9.97 Å². The molecule has 1 aliphatic rings. The maximum atomic E-state index is 11.9. The van der Waals surface area contributed by atoms with Crippen molar-refractivity contribution in [1.29, 1.82) is 0 Å². The fraction of sp³-hybridized carbons (Fsp3) is 0.556. The van der Waals surface area contributed by atoms with Crippen LogP contribution in [0.3, 0.4) is 0 Å². The third-order valence-electron chi connectivity index (χ3n) is 5.07. The Bertz CT molecular complexity index is 801. The van der Waals surface area contributed by atoms with Crippen LogP contribution >= 0.6 is 0 Å². The van der Waals surface area contributed by atoms with Gasteiger partial charge in [0.15, 0.2) is 0 Å². The summed E-state index contributed by atoms with van der Waals surface area (Å²) in [6.45, 7) is 7.84. The van der Waals surface area contributed by atoms with E-state index >= 15 is 0 Å². The van der Waals surface area contributed by atoms with Crippen LogP contribution in [0.5, 0.6) is 0 Å². The molecule has 1 unspecified atom stereocenters. The van der Waals surface area contributed by atoms with Gasteiger partial charge >= 0.3 is 0 Å². The van der Waals surface area contributed by atoms with E-state index in [0.717, 1.165) is 36.6 Å². The molecular weight excluding hydrogens is 330 g/mol. The van der Waals surface area contributed by atoms with Crippen LogP contribution in [0.25, 0.3) is 0 Å². The fourth-order valence-electron chi connectivity index (χ4n) is 3.47. The molecule has 8 heteroatoms. The summed E-state index contributed by atoms with van der Waals surface area (Å²) in [5.74, 6) is 0.826. The molecule has 3 heterocycles. The van der Waals surface area contributed by atoms with Crippen molar-refractivity contribution < 1.29 is 4.79 Å². The number of anilines is 1. The highest BCUT2D eigenvalue weighted by atomic mass is 16.2. The molecule has 0 saturated carbocycles. The molecule has 0 aromatic carbocycles. The normalized spacial score (nSPS) is 18.2. The zero-order chi connectivity index (χ0) is 18.8. The van der Waals surface area contributed by atoms with Gasteiger partial charge in [-0.1, -0.05) is 0 Å². The first-order valence-corrected chi connectivity index (χ1v) is 8.97. The Morgan fingerprint density at radius 1 is 1.35 bits per heavy atom. The molecule has 2 N–H and O–H groups in total. The van der Waals surface area contributed by atoms with Gasteiger partial charge in [-0.05, 0) is 33.3 Å². The second-order valence-electron chi connectivity index (χ2n) is 6.86. The van der Waals surface area contributed by atoms with E-state index in [2.05, 4.69) is 37.5 Å². The number of rotatable bonds is 5. The summed E-state index contributed by atoms with van der Waals surface area (Å²) in [6.07, 6.45) is 2.85. The van der Waals surface area contributed by atoms with Gasteiger partial charge in [0.05, 0.1) is 5.69 Å². The van der Waals surface area contributed by atoms with Gasteiger partial charge in [0, 0.05) is 56.7 Å². The first kappa shape index (κ1) is 18.3. The fourth-order valence-corrected chi connectivity index (χ4v) is 3.47. The van der Waals surface area contributed by atoms with E-state index in [1.165, 1.54) is 5.69 Å². The SMILES string of the molecule is CNC(=O)c1nc(C)c(C)c(N2CC[C@@H](NC(C)c3ccnn3C)C2)n1. The molecule has 1 saturated heterocycles. The van der Waals surface area contributed by atoms with E-state index in [4.69, 9.17) is 0 Å². The smallest absolute Gasteiger partial charge is 0.288 e. The van der Waals surface area contributed by atoms with Crippen LogP contribution in [0.2, 0.25) is 0 Å². The monoisotopic (exact) mass is 357 g/mol. The maximum Gasteiger partial charge on any atom is 0.288 e. The van der Waals surface area contributed by atoms with E-state index in [1.807, 2.05) is 37.8 Å². The Morgan fingerprint density at radius 2 is 2.12 bits per heavy atom. The highest BCUT2D eigenvalue weighted by molar-refractivity contribution is 5.90. The van der Waals surface area contributed by atoms with Crippen LogP contribution in [-0.2, 0) is 7.05 Å². The van der Waals surface area contributed by atoms with Gasteiger partial charge in [0.2, 0.25) is 5.82 Å². The van der Waals surface area contributed by atoms with Crippen LogP contribution in [-0.4, -0.2) is 51.8 Å². The lowest BCUT2D eigenvalue weighted by atomic mass is 10.2. The lowest BCUT2D eigenvalue weighted by molar-refractivity contribution is 0.0952. The Kier molecular flexibility index (Phi) is 5.22. The molecular formula is C18H27N7O. The Balaban J connectivity index is 1.73. The van der Waals surface area contributed by atoms with Gasteiger partial charge in [-0.15, -0.1) is 0 Å². The summed E-state index contributed by atoms with van der Waals surface area (Å²) in [5, 5.41) is 10.5. The molecule has 1 fully saturated rings.